The maximum Gasteiger partial charge on any atom is 0.101 e. The molecule has 0 spiro atoms. The van der Waals surface area contributed by atoms with Crippen molar-refractivity contribution < 1.29 is 14.7 Å². The summed E-state index contributed by atoms with van der Waals surface area (Å²) >= 11 is 0. The van der Waals surface area contributed by atoms with Crippen LogP contribution in [0.3, 0.4) is 0 Å². The largest absolute Gasteiger partial charge is 0.394 e. The highest BCUT2D eigenvalue weighted by Gasteiger charge is 2.11. The van der Waals surface area contributed by atoms with Crippen molar-refractivity contribution in [2.45, 2.75) is 212 Å². The second kappa shape index (κ2) is 34.5. The van der Waals surface area contributed by atoms with Gasteiger partial charge >= 0.3 is 0 Å². The number of aliphatic hydroxyl groups is 2. The molecule has 3 unspecified atom stereocenters. The summed E-state index contributed by atoms with van der Waals surface area (Å²) in [5.41, 5.74) is 0.640. The first kappa shape index (κ1) is 39.3. The van der Waals surface area contributed by atoms with E-state index in [4.69, 9.17) is 9.63 Å². The number of rotatable bonds is 34. The van der Waals surface area contributed by atoms with Crippen molar-refractivity contribution in [2.24, 2.45) is 0 Å². The summed E-state index contributed by atoms with van der Waals surface area (Å²) in [5, 5.41) is 18.7. The Morgan fingerprint density at radius 2 is 0.744 bits per heavy atom. The molecule has 0 radical (unpaired) electrons. The van der Waals surface area contributed by atoms with Crippen molar-refractivity contribution in [3.63, 3.8) is 0 Å². The number of unbranched alkanes of at least 4 members (excludes halogenated alkanes) is 25. The van der Waals surface area contributed by atoms with Crippen molar-refractivity contribution in [2.75, 3.05) is 13.2 Å². The van der Waals surface area contributed by atoms with Gasteiger partial charge in [-0.2, -0.15) is 0 Å². The molecule has 0 aliphatic heterocycles. The zero-order valence-corrected chi connectivity index (χ0v) is 27.9. The van der Waals surface area contributed by atoms with E-state index in [0.29, 0.717) is 14.5 Å². The van der Waals surface area contributed by atoms with E-state index in [1.54, 1.807) is 0 Å². The van der Waals surface area contributed by atoms with E-state index in [1.165, 1.54) is 186 Å². The van der Waals surface area contributed by atoms with Crippen LogP contribution in [0, 0.1) is 0 Å². The average Bonchev–Trinajstić information content (AvgIpc) is 2.95. The molecule has 0 aromatic heterocycles. The highest BCUT2D eigenvalue weighted by atomic mass is 31.1. The fraction of sp³-hybridized carbons (Fsp3) is 1.00. The molecule has 0 amide bonds. The molecule has 4 heteroatoms. The molecule has 0 heterocycles. The van der Waals surface area contributed by atoms with E-state index in [-0.39, 0.29) is 13.2 Å². The third kappa shape index (κ3) is 32.7. The SMILES string of the molecule is CCCCCCCCCCCCCCCCC(CCCCCCCCCCCCCCC)POCC(O)CO. The molecule has 0 fully saturated rings. The van der Waals surface area contributed by atoms with Crippen molar-refractivity contribution >= 4 is 8.81 Å². The minimum absolute atomic E-state index is 0.201. The van der Waals surface area contributed by atoms with Gasteiger partial charge in [0.25, 0.3) is 0 Å². The van der Waals surface area contributed by atoms with Gasteiger partial charge in [0.05, 0.1) is 13.2 Å². The Labute approximate surface area is 248 Å². The summed E-state index contributed by atoms with van der Waals surface area (Å²) in [6.07, 6.45) is 39.8. The van der Waals surface area contributed by atoms with Crippen LogP contribution in [0.2, 0.25) is 0 Å². The summed E-state index contributed by atoms with van der Waals surface area (Å²) in [4.78, 5) is 0. The van der Waals surface area contributed by atoms with Crippen LogP contribution in [-0.4, -0.2) is 35.2 Å². The molecular formula is C35H73O3P. The summed E-state index contributed by atoms with van der Waals surface area (Å²) in [7, 11) is 0.470. The van der Waals surface area contributed by atoms with Gasteiger partial charge in [-0.15, -0.1) is 0 Å². The lowest BCUT2D eigenvalue weighted by molar-refractivity contribution is 0.0583. The Kier molecular flexibility index (Phi) is 34.8. The van der Waals surface area contributed by atoms with Crippen molar-refractivity contribution in [3.8, 4) is 0 Å². The molecule has 0 bridgehead atoms. The van der Waals surface area contributed by atoms with Gasteiger partial charge in [0, 0.05) is 14.5 Å². The molecule has 3 atom stereocenters. The fourth-order valence-corrected chi connectivity index (χ4v) is 6.74. The van der Waals surface area contributed by atoms with Crippen LogP contribution in [0.25, 0.3) is 0 Å². The molecule has 0 saturated heterocycles. The molecule has 0 aromatic carbocycles. The number of aliphatic hydroxyl groups excluding tert-OH is 2. The van der Waals surface area contributed by atoms with Crippen molar-refractivity contribution in [1.29, 1.82) is 0 Å². The third-order valence-corrected chi connectivity index (χ3v) is 9.54. The predicted octanol–water partition coefficient (Wildman–Crippen LogP) is 11.7. The minimum atomic E-state index is -0.726. The van der Waals surface area contributed by atoms with E-state index in [2.05, 4.69) is 13.8 Å². The Hall–Kier alpha value is 0.310. The van der Waals surface area contributed by atoms with Crippen LogP contribution in [0.4, 0.5) is 0 Å². The zero-order chi connectivity index (χ0) is 28.5. The Balaban J connectivity index is 3.73. The molecule has 39 heavy (non-hydrogen) atoms. The quantitative estimate of drug-likeness (QED) is 0.0595. The standard InChI is InChI=1S/C35H73O3P/c1-3-5-7-9-11-13-15-17-19-21-23-25-27-29-31-35(39-38-33-34(37)32-36)30-28-26-24-22-20-18-16-14-12-10-8-6-4-2/h34-37,39H,3-33H2,1-2H3. The monoisotopic (exact) mass is 573 g/mol. The van der Waals surface area contributed by atoms with E-state index in [0.717, 1.165) is 0 Å². The fourth-order valence-electron chi connectivity index (χ4n) is 5.57. The molecule has 0 saturated carbocycles. The van der Waals surface area contributed by atoms with Crippen LogP contribution in [0.15, 0.2) is 0 Å². The van der Waals surface area contributed by atoms with Gasteiger partial charge in [0.2, 0.25) is 0 Å². The van der Waals surface area contributed by atoms with E-state index >= 15 is 0 Å². The number of hydrogen-bond acceptors (Lipinski definition) is 3. The maximum absolute atomic E-state index is 9.61. The van der Waals surface area contributed by atoms with E-state index < -0.39 is 6.10 Å². The van der Waals surface area contributed by atoms with Gasteiger partial charge in [-0.25, -0.2) is 0 Å². The first-order valence-electron chi connectivity index (χ1n) is 17.9. The molecule has 0 aliphatic carbocycles. The Bertz CT molecular complexity index is 434. The summed E-state index contributed by atoms with van der Waals surface area (Å²) < 4.78 is 5.80. The van der Waals surface area contributed by atoms with Crippen LogP contribution < -0.4 is 0 Å². The lowest BCUT2D eigenvalue weighted by atomic mass is 10.0. The van der Waals surface area contributed by atoms with Crippen LogP contribution >= 0.6 is 8.81 Å². The van der Waals surface area contributed by atoms with Crippen LogP contribution in [0.1, 0.15) is 200 Å². The molecule has 2 N–H and O–H groups in total. The first-order chi connectivity index (χ1) is 19.2. The highest BCUT2D eigenvalue weighted by molar-refractivity contribution is 7.33. The van der Waals surface area contributed by atoms with Crippen molar-refractivity contribution in [1.82, 2.24) is 0 Å². The van der Waals surface area contributed by atoms with Gasteiger partial charge in [0.15, 0.2) is 0 Å². The van der Waals surface area contributed by atoms with Gasteiger partial charge in [-0.05, 0) is 12.8 Å². The minimum Gasteiger partial charge on any atom is -0.394 e. The van der Waals surface area contributed by atoms with Gasteiger partial charge in [0.1, 0.15) is 6.10 Å². The lowest BCUT2D eigenvalue weighted by Gasteiger charge is -2.18. The zero-order valence-electron chi connectivity index (χ0n) is 26.9. The second-order valence-electron chi connectivity index (χ2n) is 12.4. The van der Waals surface area contributed by atoms with Gasteiger partial charge < -0.3 is 14.7 Å². The Morgan fingerprint density at radius 1 is 0.462 bits per heavy atom. The summed E-state index contributed by atoms with van der Waals surface area (Å²) in [6, 6.07) is 0. The lowest BCUT2D eigenvalue weighted by Crippen LogP contribution is -2.18. The van der Waals surface area contributed by atoms with Gasteiger partial charge in [-0.3, -0.25) is 0 Å². The van der Waals surface area contributed by atoms with Gasteiger partial charge in [-0.1, -0.05) is 187 Å². The summed E-state index contributed by atoms with van der Waals surface area (Å²) in [5.74, 6) is 0. The first-order valence-corrected chi connectivity index (χ1v) is 18.9. The van der Waals surface area contributed by atoms with Crippen LogP contribution in [-0.2, 0) is 4.52 Å². The summed E-state index contributed by atoms with van der Waals surface area (Å²) in [6.45, 7) is 4.66. The topological polar surface area (TPSA) is 49.7 Å². The second-order valence-corrected chi connectivity index (χ2v) is 13.7. The number of hydrogen-bond donors (Lipinski definition) is 2. The Morgan fingerprint density at radius 3 is 1.03 bits per heavy atom. The van der Waals surface area contributed by atoms with E-state index in [9.17, 15) is 5.11 Å². The smallest absolute Gasteiger partial charge is 0.101 e. The molecular weight excluding hydrogens is 499 g/mol. The van der Waals surface area contributed by atoms with E-state index in [1.807, 2.05) is 0 Å². The normalized spacial score (nSPS) is 13.5. The highest BCUT2D eigenvalue weighted by Crippen LogP contribution is 2.30. The molecule has 3 nitrogen and oxygen atoms in total. The average molecular weight is 573 g/mol. The molecule has 0 rings (SSSR count). The maximum atomic E-state index is 9.61. The molecule has 0 aromatic rings. The molecule has 236 valence electrons. The van der Waals surface area contributed by atoms with Crippen molar-refractivity contribution in [3.05, 3.63) is 0 Å². The predicted molar refractivity (Wildman–Crippen MR) is 176 cm³/mol. The van der Waals surface area contributed by atoms with Crippen LogP contribution in [0.5, 0.6) is 0 Å². The third-order valence-electron chi connectivity index (χ3n) is 8.30. The molecule has 0 aliphatic rings.